The number of hydrogen-bond acceptors (Lipinski definition) is 1. The first kappa shape index (κ1) is 9.04. The Hall–Kier alpha value is -0.530. The third-order valence-electron chi connectivity index (χ3n) is 3.60. The maximum atomic E-state index is 11.8. The number of carbonyl (C=O) groups is 1. The Morgan fingerprint density at radius 2 is 2.23 bits per heavy atom. The minimum Gasteiger partial charge on any atom is -0.342 e. The van der Waals surface area contributed by atoms with Gasteiger partial charge in [0.05, 0.1) is 0 Å². The van der Waals surface area contributed by atoms with Gasteiger partial charge in [0.2, 0.25) is 5.91 Å². The molecule has 1 saturated heterocycles. The second-order valence-electron chi connectivity index (χ2n) is 4.67. The summed E-state index contributed by atoms with van der Waals surface area (Å²) < 4.78 is 0. The first-order chi connectivity index (χ1) is 6.22. The van der Waals surface area contributed by atoms with Gasteiger partial charge in [0, 0.05) is 19.0 Å². The predicted molar refractivity (Wildman–Crippen MR) is 52.2 cm³/mol. The molecule has 0 radical (unpaired) electrons. The van der Waals surface area contributed by atoms with Crippen LogP contribution in [0.15, 0.2) is 0 Å². The predicted octanol–water partition coefficient (Wildman–Crippen LogP) is 1.90. The van der Waals surface area contributed by atoms with Crippen molar-refractivity contribution in [2.24, 2.45) is 17.8 Å². The van der Waals surface area contributed by atoms with Gasteiger partial charge in [-0.25, -0.2) is 0 Å². The van der Waals surface area contributed by atoms with Crippen LogP contribution in [0.4, 0.5) is 0 Å². The highest BCUT2D eigenvalue weighted by Gasteiger charge is 2.42. The van der Waals surface area contributed by atoms with Gasteiger partial charge in [-0.15, -0.1) is 0 Å². The SMILES string of the molecule is CCC1CCN(C(=O)C2CC2C)C1. The van der Waals surface area contributed by atoms with Crippen molar-refractivity contribution < 1.29 is 4.79 Å². The van der Waals surface area contributed by atoms with Crippen LogP contribution in [0.2, 0.25) is 0 Å². The minimum atomic E-state index is 0.385. The van der Waals surface area contributed by atoms with Gasteiger partial charge in [-0.3, -0.25) is 4.79 Å². The molecule has 13 heavy (non-hydrogen) atoms. The topological polar surface area (TPSA) is 20.3 Å². The van der Waals surface area contributed by atoms with Gasteiger partial charge < -0.3 is 4.90 Å². The molecule has 2 nitrogen and oxygen atoms in total. The van der Waals surface area contributed by atoms with E-state index in [-0.39, 0.29) is 0 Å². The molecule has 1 aliphatic carbocycles. The number of likely N-dealkylation sites (tertiary alicyclic amines) is 1. The molecule has 0 bridgehead atoms. The Labute approximate surface area is 80.3 Å². The van der Waals surface area contributed by atoms with Gasteiger partial charge in [-0.1, -0.05) is 20.3 Å². The maximum Gasteiger partial charge on any atom is 0.225 e. The molecular weight excluding hydrogens is 162 g/mol. The summed E-state index contributed by atoms with van der Waals surface area (Å²) in [5.41, 5.74) is 0. The van der Waals surface area contributed by atoms with Crippen molar-refractivity contribution in [2.45, 2.75) is 33.1 Å². The number of rotatable bonds is 2. The summed E-state index contributed by atoms with van der Waals surface area (Å²) in [7, 11) is 0. The molecule has 2 heteroatoms. The molecule has 0 aromatic rings. The Morgan fingerprint density at radius 3 is 2.69 bits per heavy atom. The van der Waals surface area contributed by atoms with Crippen molar-refractivity contribution in [3.63, 3.8) is 0 Å². The Balaban J connectivity index is 1.85. The van der Waals surface area contributed by atoms with Crippen LogP contribution in [-0.2, 0) is 4.79 Å². The molecule has 2 rings (SSSR count). The van der Waals surface area contributed by atoms with Crippen LogP contribution in [0, 0.1) is 17.8 Å². The van der Waals surface area contributed by atoms with Crippen LogP contribution in [0.3, 0.4) is 0 Å². The second kappa shape index (κ2) is 3.32. The van der Waals surface area contributed by atoms with E-state index in [0.717, 1.165) is 25.4 Å². The lowest BCUT2D eigenvalue weighted by Crippen LogP contribution is -2.30. The van der Waals surface area contributed by atoms with Crippen molar-refractivity contribution in [2.75, 3.05) is 13.1 Å². The molecule has 0 aromatic carbocycles. The highest BCUT2D eigenvalue weighted by Crippen LogP contribution is 2.40. The summed E-state index contributed by atoms with van der Waals surface area (Å²) >= 11 is 0. The van der Waals surface area contributed by atoms with E-state index in [0.29, 0.717) is 17.7 Å². The Kier molecular flexibility index (Phi) is 2.31. The van der Waals surface area contributed by atoms with Gasteiger partial charge >= 0.3 is 0 Å². The molecule has 1 aliphatic heterocycles. The van der Waals surface area contributed by atoms with Crippen molar-refractivity contribution >= 4 is 5.91 Å². The zero-order valence-electron chi connectivity index (χ0n) is 8.62. The average Bonchev–Trinajstić information content (AvgIpc) is 2.70. The van der Waals surface area contributed by atoms with E-state index < -0.39 is 0 Å². The number of nitrogens with zero attached hydrogens (tertiary/aromatic N) is 1. The molecule has 3 unspecified atom stereocenters. The lowest BCUT2D eigenvalue weighted by atomic mass is 10.1. The monoisotopic (exact) mass is 181 g/mol. The summed E-state index contributed by atoms with van der Waals surface area (Å²) in [5, 5.41) is 0. The lowest BCUT2D eigenvalue weighted by Gasteiger charge is -2.15. The first-order valence-corrected chi connectivity index (χ1v) is 5.51. The first-order valence-electron chi connectivity index (χ1n) is 5.51. The number of hydrogen-bond donors (Lipinski definition) is 0. The summed E-state index contributed by atoms with van der Waals surface area (Å²) in [4.78, 5) is 13.9. The molecule has 1 saturated carbocycles. The van der Waals surface area contributed by atoms with E-state index in [4.69, 9.17) is 0 Å². The fraction of sp³-hybridized carbons (Fsp3) is 0.909. The summed E-state index contributed by atoms with van der Waals surface area (Å²) in [5.74, 6) is 2.25. The number of carbonyl (C=O) groups excluding carboxylic acids is 1. The van der Waals surface area contributed by atoms with Crippen LogP contribution in [0.5, 0.6) is 0 Å². The third kappa shape index (κ3) is 1.72. The number of amides is 1. The zero-order chi connectivity index (χ0) is 9.42. The molecule has 1 heterocycles. The second-order valence-corrected chi connectivity index (χ2v) is 4.67. The van der Waals surface area contributed by atoms with Crippen molar-refractivity contribution in [1.29, 1.82) is 0 Å². The molecular formula is C11H19NO. The molecule has 0 N–H and O–H groups in total. The van der Waals surface area contributed by atoms with Gasteiger partial charge in [0.15, 0.2) is 0 Å². The lowest BCUT2D eigenvalue weighted by molar-refractivity contribution is -0.131. The standard InChI is InChI=1S/C11H19NO/c1-3-9-4-5-12(7-9)11(13)10-6-8(10)2/h8-10H,3-7H2,1-2H3. The Morgan fingerprint density at radius 1 is 1.54 bits per heavy atom. The van der Waals surface area contributed by atoms with Crippen LogP contribution in [-0.4, -0.2) is 23.9 Å². The summed E-state index contributed by atoms with van der Waals surface area (Å²) in [6.07, 6.45) is 3.58. The largest absolute Gasteiger partial charge is 0.342 e. The molecule has 2 fully saturated rings. The van der Waals surface area contributed by atoms with E-state index in [1.54, 1.807) is 0 Å². The van der Waals surface area contributed by atoms with Gasteiger partial charge in [0.25, 0.3) is 0 Å². The van der Waals surface area contributed by atoms with Crippen LogP contribution in [0.25, 0.3) is 0 Å². The van der Waals surface area contributed by atoms with Crippen LogP contribution >= 0.6 is 0 Å². The molecule has 0 spiro atoms. The quantitative estimate of drug-likeness (QED) is 0.637. The van der Waals surface area contributed by atoms with Crippen LogP contribution in [0.1, 0.15) is 33.1 Å². The average molecular weight is 181 g/mol. The molecule has 0 aromatic heterocycles. The van der Waals surface area contributed by atoms with Crippen LogP contribution < -0.4 is 0 Å². The summed E-state index contributed by atoms with van der Waals surface area (Å²) in [6.45, 7) is 6.44. The van der Waals surface area contributed by atoms with Gasteiger partial charge in [0.1, 0.15) is 0 Å². The highest BCUT2D eigenvalue weighted by molar-refractivity contribution is 5.81. The third-order valence-corrected chi connectivity index (χ3v) is 3.60. The van der Waals surface area contributed by atoms with E-state index in [2.05, 4.69) is 18.7 Å². The molecule has 3 atom stereocenters. The van der Waals surface area contributed by atoms with E-state index in [1.807, 2.05) is 0 Å². The maximum absolute atomic E-state index is 11.8. The Bertz CT molecular complexity index is 214. The van der Waals surface area contributed by atoms with Gasteiger partial charge in [-0.2, -0.15) is 0 Å². The fourth-order valence-electron chi connectivity index (χ4n) is 2.27. The normalized spacial score (nSPS) is 38.0. The zero-order valence-corrected chi connectivity index (χ0v) is 8.62. The van der Waals surface area contributed by atoms with Crippen molar-refractivity contribution in [3.8, 4) is 0 Å². The van der Waals surface area contributed by atoms with E-state index >= 15 is 0 Å². The van der Waals surface area contributed by atoms with E-state index in [9.17, 15) is 4.79 Å². The molecule has 2 aliphatic rings. The van der Waals surface area contributed by atoms with Crippen molar-refractivity contribution in [3.05, 3.63) is 0 Å². The highest BCUT2D eigenvalue weighted by atomic mass is 16.2. The minimum absolute atomic E-state index is 0.385. The smallest absolute Gasteiger partial charge is 0.225 e. The van der Waals surface area contributed by atoms with E-state index in [1.165, 1.54) is 12.8 Å². The molecule has 74 valence electrons. The fourth-order valence-corrected chi connectivity index (χ4v) is 2.27. The van der Waals surface area contributed by atoms with Gasteiger partial charge in [-0.05, 0) is 24.7 Å². The van der Waals surface area contributed by atoms with Crippen molar-refractivity contribution in [1.82, 2.24) is 4.90 Å². The molecule has 1 amide bonds. The summed E-state index contributed by atoms with van der Waals surface area (Å²) in [6, 6.07) is 0.